The summed E-state index contributed by atoms with van der Waals surface area (Å²) in [6.07, 6.45) is -0.440. The number of aliphatic hydroxyl groups excluding tert-OH is 1. The van der Waals surface area contributed by atoms with Gasteiger partial charge in [-0.1, -0.05) is 0 Å². The number of hydrogen-bond donors (Lipinski definition) is 3. The molecule has 80 valence electrons. The predicted molar refractivity (Wildman–Crippen MR) is 58.6 cm³/mol. The summed E-state index contributed by atoms with van der Waals surface area (Å²) in [7, 11) is 0. The molecule has 0 saturated heterocycles. The van der Waals surface area contributed by atoms with E-state index in [1.54, 1.807) is 25.1 Å². The summed E-state index contributed by atoms with van der Waals surface area (Å²) in [4.78, 5) is 4.18. The molecule has 2 aromatic rings. The average molecular weight is 207 g/mol. The van der Waals surface area contributed by atoms with Crippen LogP contribution in [0.2, 0.25) is 0 Å². The van der Waals surface area contributed by atoms with Gasteiger partial charge < -0.3 is 20.6 Å². The van der Waals surface area contributed by atoms with Gasteiger partial charge >= 0.3 is 0 Å². The van der Waals surface area contributed by atoms with Gasteiger partial charge in [-0.3, -0.25) is 0 Å². The first-order chi connectivity index (χ1) is 7.15. The normalized spacial score (nSPS) is 12.9. The summed E-state index contributed by atoms with van der Waals surface area (Å²) in [6.45, 7) is 2.09. The Bertz CT molecular complexity index is 465. The summed E-state index contributed by atoms with van der Waals surface area (Å²) in [6, 6.07) is 5.68. The second-order valence-electron chi connectivity index (χ2n) is 3.48. The van der Waals surface area contributed by atoms with Crippen LogP contribution in [0, 0.1) is 0 Å². The molecule has 1 aromatic heterocycles. The predicted octanol–water partition coefficient (Wildman–Crippen LogP) is 1.20. The Labute approximate surface area is 86.9 Å². The van der Waals surface area contributed by atoms with Crippen molar-refractivity contribution in [3.8, 4) is 0 Å². The monoisotopic (exact) mass is 207 g/mol. The van der Waals surface area contributed by atoms with Crippen LogP contribution >= 0.6 is 0 Å². The van der Waals surface area contributed by atoms with Crippen LogP contribution in [0.4, 0.5) is 11.7 Å². The molecule has 0 spiro atoms. The van der Waals surface area contributed by atoms with Crippen LogP contribution in [0.1, 0.15) is 6.92 Å². The molecule has 1 unspecified atom stereocenters. The van der Waals surface area contributed by atoms with E-state index < -0.39 is 6.10 Å². The highest BCUT2D eigenvalue weighted by atomic mass is 16.4. The summed E-state index contributed by atoms with van der Waals surface area (Å²) in [5.41, 5.74) is 7.64. The Morgan fingerprint density at radius 2 is 2.40 bits per heavy atom. The van der Waals surface area contributed by atoms with Crippen molar-refractivity contribution in [2.45, 2.75) is 13.0 Å². The van der Waals surface area contributed by atoms with Crippen molar-refractivity contribution >= 4 is 22.8 Å². The molecule has 5 nitrogen and oxygen atoms in total. The van der Waals surface area contributed by atoms with Crippen LogP contribution < -0.4 is 11.1 Å². The number of anilines is 2. The van der Waals surface area contributed by atoms with E-state index in [-0.39, 0.29) is 0 Å². The van der Waals surface area contributed by atoms with Crippen molar-refractivity contribution in [1.82, 2.24) is 4.98 Å². The molecule has 4 N–H and O–H groups in total. The lowest BCUT2D eigenvalue weighted by atomic mass is 10.3. The number of aliphatic hydroxyl groups is 1. The second kappa shape index (κ2) is 3.78. The van der Waals surface area contributed by atoms with E-state index in [4.69, 9.17) is 15.3 Å². The van der Waals surface area contributed by atoms with E-state index in [2.05, 4.69) is 10.3 Å². The minimum atomic E-state index is -0.440. The van der Waals surface area contributed by atoms with Gasteiger partial charge in [0.15, 0.2) is 5.58 Å². The number of benzene rings is 1. The van der Waals surface area contributed by atoms with E-state index >= 15 is 0 Å². The smallest absolute Gasteiger partial charge is 0.295 e. The molecule has 0 aliphatic heterocycles. The number of rotatable bonds is 3. The Morgan fingerprint density at radius 1 is 1.60 bits per heavy atom. The van der Waals surface area contributed by atoms with Crippen LogP contribution in [0.3, 0.4) is 0 Å². The minimum absolute atomic E-state index is 0.400. The number of hydrogen-bond acceptors (Lipinski definition) is 5. The highest BCUT2D eigenvalue weighted by molar-refractivity contribution is 5.78. The van der Waals surface area contributed by atoms with Gasteiger partial charge in [0, 0.05) is 18.3 Å². The fourth-order valence-corrected chi connectivity index (χ4v) is 1.25. The number of nitrogens with one attached hydrogen (secondary N) is 1. The molecule has 0 aliphatic rings. The lowest BCUT2D eigenvalue weighted by Gasteiger charge is -2.02. The molecule has 0 fully saturated rings. The standard InChI is InChI=1S/C10H13N3O2/c1-6(14)5-12-10-13-8-3-2-7(11)4-9(8)15-10/h2-4,6,14H,5,11H2,1H3,(H,12,13). The van der Waals surface area contributed by atoms with Gasteiger partial charge in [-0.25, -0.2) is 0 Å². The van der Waals surface area contributed by atoms with Crippen molar-refractivity contribution in [3.63, 3.8) is 0 Å². The second-order valence-corrected chi connectivity index (χ2v) is 3.48. The van der Waals surface area contributed by atoms with Gasteiger partial charge in [0.05, 0.1) is 6.10 Å². The number of nitrogens with zero attached hydrogens (tertiary/aromatic N) is 1. The van der Waals surface area contributed by atoms with Crippen LogP contribution in [-0.2, 0) is 0 Å². The fraction of sp³-hybridized carbons (Fsp3) is 0.300. The Kier molecular flexibility index (Phi) is 2.47. The molecule has 0 saturated carbocycles. The van der Waals surface area contributed by atoms with Crippen LogP contribution in [0.25, 0.3) is 11.1 Å². The van der Waals surface area contributed by atoms with E-state index in [1.165, 1.54) is 0 Å². The number of oxazole rings is 1. The van der Waals surface area contributed by atoms with Crippen LogP contribution in [0.5, 0.6) is 0 Å². The van der Waals surface area contributed by atoms with Gasteiger partial charge in [0.25, 0.3) is 6.01 Å². The lowest BCUT2D eigenvalue weighted by molar-refractivity contribution is 0.207. The molecule has 1 atom stereocenters. The summed E-state index contributed by atoms with van der Waals surface area (Å²) < 4.78 is 5.39. The largest absolute Gasteiger partial charge is 0.423 e. The molecule has 2 rings (SSSR count). The number of fused-ring (bicyclic) bond motifs is 1. The van der Waals surface area contributed by atoms with E-state index in [9.17, 15) is 0 Å². The molecule has 15 heavy (non-hydrogen) atoms. The minimum Gasteiger partial charge on any atom is -0.423 e. The first-order valence-electron chi connectivity index (χ1n) is 4.73. The lowest BCUT2D eigenvalue weighted by Crippen LogP contribution is -2.15. The van der Waals surface area contributed by atoms with Gasteiger partial charge in [-0.05, 0) is 19.1 Å². The Hall–Kier alpha value is -1.75. The fourth-order valence-electron chi connectivity index (χ4n) is 1.25. The van der Waals surface area contributed by atoms with Gasteiger partial charge in [0.1, 0.15) is 5.52 Å². The maximum Gasteiger partial charge on any atom is 0.295 e. The summed E-state index contributed by atoms with van der Waals surface area (Å²) >= 11 is 0. The molecule has 1 aromatic carbocycles. The Balaban J connectivity index is 2.23. The molecule has 0 bridgehead atoms. The number of aromatic nitrogens is 1. The molecule has 0 amide bonds. The maximum absolute atomic E-state index is 9.08. The highest BCUT2D eigenvalue weighted by Crippen LogP contribution is 2.20. The SMILES string of the molecule is CC(O)CNc1nc2ccc(N)cc2o1. The van der Waals surface area contributed by atoms with Crippen LogP contribution in [-0.4, -0.2) is 22.7 Å². The highest BCUT2D eigenvalue weighted by Gasteiger charge is 2.05. The third-order valence-corrected chi connectivity index (χ3v) is 1.96. The first-order valence-corrected chi connectivity index (χ1v) is 4.73. The third-order valence-electron chi connectivity index (χ3n) is 1.96. The van der Waals surface area contributed by atoms with Gasteiger partial charge in [0.2, 0.25) is 0 Å². The Morgan fingerprint density at radius 3 is 3.13 bits per heavy atom. The maximum atomic E-state index is 9.08. The third kappa shape index (κ3) is 2.19. The van der Waals surface area contributed by atoms with Crippen molar-refractivity contribution in [3.05, 3.63) is 18.2 Å². The number of nitrogen functional groups attached to an aromatic ring is 1. The van der Waals surface area contributed by atoms with Gasteiger partial charge in [-0.15, -0.1) is 0 Å². The van der Waals surface area contributed by atoms with Gasteiger partial charge in [-0.2, -0.15) is 4.98 Å². The quantitative estimate of drug-likeness (QED) is 0.658. The van der Waals surface area contributed by atoms with Crippen molar-refractivity contribution in [2.24, 2.45) is 0 Å². The van der Waals surface area contributed by atoms with Crippen LogP contribution in [0.15, 0.2) is 22.6 Å². The summed E-state index contributed by atoms with van der Waals surface area (Å²) in [5, 5.41) is 12.0. The molecule has 0 radical (unpaired) electrons. The summed E-state index contributed by atoms with van der Waals surface area (Å²) in [5.74, 6) is 0. The van der Waals surface area contributed by atoms with E-state index in [0.29, 0.717) is 23.8 Å². The number of nitrogens with two attached hydrogens (primary N) is 1. The zero-order chi connectivity index (χ0) is 10.8. The molecular weight excluding hydrogens is 194 g/mol. The van der Waals surface area contributed by atoms with Crippen molar-refractivity contribution in [2.75, 3.05) is 17.6 Å². The topological polar surface area (TPSA) is 84.3 Å². The zero-order valence-corrected chi connectivity index (χ0v) is 8.40. The first kappa shape index (κ1) is 9.79. The van der Waals surface area contributed by atoms with Crippen molar-refractivity contribution < 1.29 is 9.52 Å². The molecule has 1 heterocycles. The molecular formula is C10H13N3O2. The zero-order valence-electron chi connectivity index (χ0n) is 8.40. The van der Waals surface area contributed by atoms with Crippen molar-refractivity contribution in [1.29, 1.82) is 0 Å². The average Bonchev–Trinajstić information content (AvgIpc) is 2.56. The van der Waals surface area contributed by atoms with E-state index in [1.807, 2.05) is 0 Å². The van der Waals surface area contributed by atoms with E-state index in [0.717, 1.165) is 5.52 Å². The molecule has 0 aliphatic carbocycles. The molecule has 5 heteroatoms.